The van der Waals surface area contributed by atoms with Gasteiger partial charge < -0.3 is 5.73 Å². The Balaban J connectivity index is 3.35. The zero-order chi connectivity index (χ0) is 10.8. The second-order valence-electron chi connectivity index (χ2n) is 2.80. The first-order valence-electron chi connectivity index (χ1n) is 3.92. The van der Waals surface area contributed by atoms with Gasteiger partial charge in [-0.3, -0.25) is 4.55 Å². The molecule has 0 atom stereocenters. The van der Waals surface area contributed by atoms with Gasteiger partial charge in [-0.15, -0.1) is 6.58 Å². The fourth-order valence-corrected chi connectivity index (χ4v) is 1.81. The lowest BCUT2D eigenvalue weighted by Gasteiger charge is -2.06. The maximum absolute atomic E-state index is 10.9. The molecular formula is C9H11NO3S. The summed E-state index contributed by atoms with van der Waals surface area (Å²) in [6.45, 7) is 3.52. The number of nitrogens with two attached hydrogens (primary N) is 1. The van der Waals surface area contributed by atoms with Gasteiger partial charge >= 0.3 is 0 Å². The summed E-state index contributed by atoms with van der Waals surface area (Å²) < 4.78 is 30.5. The molecule has 0 heterocycles. The first kappa shape index (κ1) is 10.7. The molecule has 0 saturated heterocycles. The van der Waals surface area contributed by atoms with Crippen molar-refractivity contribution in [3.8, 4) is 0 Å². The van der Waals surface area contributed by atoms with Crippen molar-refractivity contribution in [2.24, 2.45) is 0 Å². The van der Waals surface area contributed by atoms with E-state index in [4.69, 9.17) is 10.3 Å². The monoisotopic (exact) mass is 213 g/mol. The van der Waals surface area contributed by atoms with Gasteiger partial charge in [-0.1, -0.05) is 18.2 Å². The molecular weight excluding hydrogens is 202 g/mol. The summed E-state index contributed by atoms with van der Waals surface area (Å²) in [6, 6.07) is 4.47. The quantitative estimate of drug-likeness (QED) is 0.450. The van der Waals surface area contributed by atoms with Crippen LogP contribution in [0.15, 0.2) is 35.7 Å². The lowest BCUT2D eigenvalue weighted by atomic mass is 10.1. The second-order valence-corrected chi connectivity index (χ2v) is 4.19. The SMILES string of the molecule is C=CCc1cccc(S(=O)(=O)O)c1N. The van der Waals surface area contributed by atoms with Gasteiger partial charge in [-0.2, -0.15) is 8.42 Å². The van der Waals surface area contributed by atoms with E-state index in [1.165, 1.54) is 12.1 Å². The second kappa shape index (κ2) is 3.81. The van der Waals surface area contributed by atoms with E-state index < -0.39 is 10.1 Å². The molecule has 0 aliphatic heterocycles. The van der Waals surface area contributed by atoms with Crippen molar-refractivity contribution < 1.29 is 13.0 Å². The number of hydrogen-bond acceptors (Lipinski definition) is 3. The highest BCUT2D eigenvalue weighted by atomic mass is 32.2. The van der Waals surface area contributed by atoms with Gasteiger partial charge in [0.15, 0.2) is 0 Å². The Morgan fingerprint density at radius 2 is 2.14 bits per heavy atom. The predicted octanol–water partition coefficient (Wildman–Crippen LogP) is 1.24. The van der Waals surface area contributed by atoms with Crippen molar-refractivity contribution in [3.63, 3.8) is 0 Å². The highest BCUT2D eigenvalue weighted by molar-refractivity contribution is 7.86. The summed E-state index contributed by atoms with van der Waals surface area (Å²) in [5, 5.41) is 0. The average Bonchev–Trinajstić information content (AvgIpc) is 2.07. The van der Waals surface area contributed by atoms with E-state index in [0.29, 0.717) is 12.0 Å². The van der Waals surface area contributed by atoms with Crippen molar-refractivity contribution in [2.75, 3.05) is 5.73 Å². The molecule has 76 valence electrons. The maximum atomic E-state index is 10.9. The molecule has 14 heavy (non-hydrogen) atoms. The molecule has 0 saturated carbocycles. The number of allylic oxidation sites excluding steroid dienone is 1. The number of rotatable bonds is 3. The van der Waals surface area contributed by atoms with Gasteiger partial charge in [-0.25, -0.2) is 0 Å². The summed E-state index contributed by atoms with van der Waals surface area (Å²) in [7, 11) is -4.23. The zero-order valence-electron chi connectivity index (χ0n) is 7.47. The van der Waals surface area contributed by atoms with Crippen molar-refractivity contribution >= 4 is 15.8 Å². The van der Waals surface area contributed by atoms with Gasteiger partial charge in [0.05, 0.1) is 5.69 Å². The molecule has 0 bridgehead atoms. The van der Waals surface area contributed by atoms with Crippen LogP contribution in [0.3, 0.4) is 0 Å². The molecule has 3 N–H and O–H groups in total. The van der Waals surface area contributed by atoms with Crippen molar-refractivity contribution in [1.29, 1.82) is 0 Å². The Hall–Kier alpha value is -1.33. The Morgan fingerprint density at radius 3 is 2.64 bits per heavy atom. The van der Waals surface area contributed by atoms with Crippen LogP contribution in [-0.4, -0.2) is 13.0 Å². The molecule has 4 nitrogen and oxygen atoms in total. The molecule has 1 rings (SSSR count). The van der Waals surface area contributed by atoms with Crippen LogP contribution in [0, 0.1) is 0 Å². The molecule has 0 radical (unpaired) electrons. The fourth-order valence-electron chi connectivity index (χ4n) is 1.15. The molecule has 0 amide bonds. The minimum Gasteiger partial charge on any atom is -0.397 e. The fraction of sp³-hybridized carbons (Fsp3) is 0.111. The molecule has 0 fully saturated rings. The molecule has 5 heteroatoms. The minimum atomic E-state index is -4.23. The maximum Gasteiger partial charge on any atom is 0.296 e. The van der Waals surface area contributed by atoms with Crippen molar-refractivity contribution in [1.82, 2.24) is 0 Å². The number of hydrogen-bond donors (Lipinski definition) is 2. The number of nitrogen functional groups attached to an aromatic ring is 1. The highest BCUT2D eigenvalue weighted by Crippen LogP contribution is 2.22. The van der Waals surface area contributed by atoms with Crippen LogP contribution in [-0.2, 0) is 16.5 Å². The van der Waals surface area contributed by atoms with Crippen LogP contribution in [0.2, 0.25) is 0 Å². The number of benzene rings is 1. The summed E-state index contributed by atoms with van der Waals surface area (Å²) in [5.74, 6) is 0. The average molecular weight is 213 g/mol. The largest absolute Gasteiger partial charge is 0.397 e. The van der Waals surface area contributed by atoms with Crippen LogP contribution in [0.1, 0.15) is 5.56 Å². The first-order valence-corrected chi connectivity index (χ1v) is 5.36. The van der Waals surface area contributed by atoms with Crippen LogP contribution in [0.4, 0.5) is 5.69 Å². The molecule has 1 aromatic rings. The third-order valence-electron chi connectivity index (χ3n) is 1.80. The van der Waals surface area contributed by atoms with E-state index in [2.05, 4.69) is 6.58 Å². The lowest BCUT2D eigenvalue weighted by Crippen LogP contribution is -2.05. The van der Waals surface area contributed by atoms with Crippen molar-refractivity contribution in [2.45, 2.75) is 11.3 Å². The van der Waals surface area contributed by atoms with E-state index in [-0.39, 0.29) is 10.6 Å². The molecule has 0 aromatic heterocycles. The number of para-hydroxylation sites is 1. The first-order chi connectivity index (χ1) is 6.46. The van der Waals surface area contributed by atoms with Crippen LogP contribution >= 0.6 is 0 Å². The third-order valence-corrected chi connectivity index (χ3v) is 2.71. The summed E-state index contributed by atoms with van der Waals surface area (Å²) in [4.78, 5) is -0.253. The Kier molecular flexibility index (Phi) is 2.93. The topological polar surface area (TPSA) is 80.4 Å². The Labute approximate surface area is 82.8 Å². The zero-order valence-corrected chi connectivity index (χ0v) is 8.29. The van der Waals surface area contributed by atoms with Gasteiger partial charge in [0.2, 0.25) is 0 Å². The summed E-state index contributed by atoms with van der Waals surface area (Å²) >= 11 is 0. The Morgan fingerprint density at radius 1 is 1.50 bits per heavy atom. The van der Waals surface area contributed by atoms with Gasteiger partial charge in [0.1, 0.15) is 4.90 Å². The summed E-state index contributed by atoms with van der Waals surface area (Å²) in [5.41, 5.74) is 6.28. The van der Waals surface area contributed by atoms with E-state index in [9.17, 15) is 8.42 Å². The van der Waals surface area contributed by atoms with Gasteiger partial charge in [-0.05, 0) is 18.1 Å². The van der Waals surface area contributed by atoms with Crippen LogP contribution < -0.4 is 5.73 Å². The molecule has 1 aromatic carbocycles. The van der Waals surface area contributed by atoms with E-state index >= 15 is 0 Å². The number of anilines is 1. The normalized spacial score (nSPS) is 11.2. The molecule has 0 aliphatic rings. The van der Waals surface area contributed by atoms with Crippen LogP contribution in [0.25, 0.3) is 0 Å². The highest BCUT2D eigenvalue weighted by Gasteiger charge is 2.14. The molecule has 0 aliphatic carbocycles. The third kappa shape index (κ3) is 2.12. The van der Waals surface area contributed by atoms with Crippen molar-refractivity contribution in [3.05, 3.63) is 36.4 Å². The smallest absolute Gasteiger partial charge is 0.296 e. The van der Waals surface area contributed by atoms with E-state index in [1.54, 1.807) is 12.1 Å². The molecule has 0 unspecified atom stereocenters. The lowest BCUT2D eigenvalue weighted by molar-refractivity contribution is 0.483. The summed E-state index contributed by atoms with van der Waals surface area (Å²) in [6.07, 6.45) is 2.08. The predicted molar refractivity (Wildman–Crippen MR) is 54.6 cm³/mol. The minimum absolute atomic E-state index is 0.0786. The van der Waals surface area contributed by atoms with Gasteiger partial charge in [0.25, 0.3) is 10.1 Å². The van der Waals surface area contributed by atoms with E-state index in [0.717, 1.165) is 0 Å². The molecule has 0 spiro atoms. The standard InChI is InChI=1S/C9H11NO3S/c1-2-4-7-5-3-6-8(9(7)10)14(11,12)13/h2-3,5-6H,1,4,10H2,(H,11,12,13). The van der Waals surface area contributed by atoms with E-state index in [1.807, 2.05) is 0 Å². The van der Waals surface area contributed by atoms with Crippen LogP contribution in [0.5, 0.6) is 0 Å². The Bertz CT molecular complexity index is 451. The van der Waals surface area contributed by atoms with Gasteiger partial charge in [0, 0.05) is 0 Å².